The first-order valence-electron chi connectivity index (χ1n) is 12.6. The van der Waals surface area contributed by atoms with Crippen molar-refractivity contribution >= 4 is 6.03 Å². The minimum absolute atomic E-state index is 0.119. The van der Waals surface area contributed by atoms with Gasteiger partial charge in [0.1, 0.15) is 0 Å². The van der Waals surface area contributed by atoms with Gasteiger partial charge in [-0.15, -0.1) is 10.2 Å². The molecule has 9 heteroatoms. The van der Waals surface area contributed by atoms with Gasteiger partial charge in [0.05, 0.1) is 11.4 Å². The van der Waals surface area contributed by atoms with Gasteiger partial charge < -0.3 is 10.6 Å². The molecule has 0 aliphatic heterocycles. The van der Waals surface area contributed by atoms with E-state index in [0.29, 0.717) is 13.1 Å². The molecule has 2 N–H and O–H groups in total. The number of carbonyl (C=O) groups is 1. The number of carbonyl (C=O) groups excluding carboxylic acids is 1. The van der Waals surface area contributed by atoms with Crippen LogP contribution < -0.4 is 10.6 Å². The third kappa shape index (κ3) is 8.65. The van der Waals surface area contributed by atoms with Crippen LogP contribution in [0, 0.1) is 0 Å². The summed E-state index contributed by atoms with van der Waals surface area (Å²) in [7, 11) is 0. The van der Waals surface area contributed by atoms with Gasteiger partial charge in [-0.2, -0.15) is 0 Å². The number of amides is 2. The first-order valence-corrected chi connectivity index (χ1v) is 12.6. The molecule has 2 aromatic heterocycles. The maximum Gasteiger partial charge on any atom is 0.314 e. The summed E-state index contributed by atoms with van der Waals surface area (Å²) >= 11 is 0. The molecule has 188 valence electrons. The minimum atomic E-state index is -0.119. The van der Waals surface area contributed by atoms with Crippen molar-refractivity contribution in [2.24, 2.45) is 0 Å². The second-order valence-corrected chi connectivity index (χ2v) is 8.87. The number of rotatable bonds is 14. The molecule has 0 fully saturated rings. The molecule has 0 bridgehead atoms. The van der Waals surface area contributed by atoms with Crippen molar-refractivity contribution < 1.29 is 4.79 Å². The van der Waals surface area contributed by atoms with Gasteiger partial charge in [0.2, 0.25) is 0 Å². The summed E-state index contributed by atoms with van der Waals surface area (Å²) in [6.07, 6.45) is 9.20. The Morgan fingerprint density at radius 2 is 1.08 bits per heavy atom. The third-order valence-corrected chi connectivity index (χ3v) is 5.83. The molecule has 9 nitrogen and oxygen atoms in total. The average molecular weight is 487 g/mol. The normalized spacial score (nSPS) is 10.9. The number of aromatic nitrogens is 6. The summed E-state index contributed by atoms with van der Waals surface area (Å²) in [5.41, 5.74) is 4.39. The number of hydrogen-bond acceptors (Lipinski definition) is 5. The lowest BCUT2D eigenvalue weighted by atomic mass is 10.1. The number of aryl methyl sites for hydroxylation is 2. The van der Waals surface area contributed by atoms with E-state index in [4.69, 9.17) is 0 Å². The van der Waals surface area contributed by atoms with Crippen molar-refractivity contribution in [2.45, 2.75) is 51.6 Å². The molecule has 0 saturated heterocycles. The Hall–Kier alpha value is -4.01. The van der Waals surface area contributed by atoms with Crippen LogP contribution in [0.25, 0.3) is 0 Å². The van der Waals surface area contributed by atoms with Crippen LogP contribution in [0.4, 0.5) is 4.79 Å². The highest BCUT2D eigenvalue weighted by atomic mass is 16.2. The van der Waals surface area contributed by atoms with Crippen LogP contribution in [0.15, 0.2) is 73.1 Å². The number of benzene rings is 2. The number of urea groups is 1. The smallest absolute Gasteiger partial charge is 0.314 e. The Balaban J connectivity index is 1.01. The molecule has 4 rings (SSSR count). The predicted molar refractivity (Wildman–Crippen MR) is 138 cm³/mol. The van der Waals surface area contributed by atoms with E-state index in [1.165, 1.54) is 11.1 Å². The van der Waals surface area contributed by atoms with E-state index in [9.17, 15) is 4.79 Å². The van der Waals surface area contributed by atoms with Crippen LogP contribution in [0.2, 0.25) is 0 Å². The summed E-state index contributed by atoms with van der Waals surface area (Å²) in [6, 6.07) is 20.4. The van der Waals surface area contributed by atoms with Crippen LogP contribution >= 0.6 is 0 Å². The van der Waals surface area contributed by atoms with Gasteiger partial charge >= 0.3 is 6.03 Å². The topological polar surface area (TPSA) is 103 Å². The highest BCUT2D eigenvalue weighted by Gasteiger charge is 2.04. The summed E-state index contributed by atoms with van der Waals surface area (Å²) in [5, 5.41) is 22.7. The molecular weight excluding hydrogens is 452 g/mol. The van der Waals surface area contributed by atoms with E-state index in [-0.39, 0.29) is 6.03 Å². The molecule has 0 aliphatic carbocycles. The molecule has 0 unspecified atom stereocenters. The van der Waals surface area contributed by atoms with Crippen LogP contribution in [-0.4, -0.2) is 49.1 Å². The maximum atomic E-state index is 12.0. The lowest BCUT2D eigenvalue weighted by Gasteiger charge is -2.07. The van der Waals surface area contributed by atoms with Crippen molar-refractivity contribution in [1.82, 2.24) is 40.6 Å². The molecule has 0 atom stereocenters. The molecule has 36 heavy (non-hydrogen) atoms. The zero-order valence-electron chi connectivity index (χ0n) is 20.6. The summed E-state index contributed by atoms with van der Waals surface area (Å²) in [4.78, 5) is 12.0. The quantitative estimate of drug-likeness (QED) is 0.265. The predicted octanol–water partition coefficient (Wildman–Crippen LogP) is 3.61. The molecule has 0 spiro atoms. The van der Waals surface area contributed by atoms with Crippen LogP contribution in [0.3, 0.4) is 0 Å². The number of unbranched alkanes of at least 4 members (excludes halogenated alkanes) is 2. The third-order valence-electron chi connectivity index (χ3n) is 5.83. The molecule has 2 aromatic carbocycles. The van der Waals surface area contributed by atoms with Crippen LogP contribution in [-0.2, 0) is 25.9 Å². The van der Waals surface area contributed by atoms with E-state index < -0.39 is 0 Å². The van der Waals surface area contributed by atoms with Crippen molar-refractivity contribution in [3.63, 3.8) is 0 Å². The highest BCUT2D eigenvalue weighted by Crippen LogP contribution is 2.07. The van der Waals surface area contributed by atoms with Gasteiger partial charge in [-0.25, -0.2) is 4.79 Å². The maximum absolute atomic E-state index is 12.0. The largest absolute Gasteiger partial charge is 0.338 e. The van der Waals surface area contributed by atoms with Crippen LogP contribution in [0.5, 0.6) is 0 Å². The van der Waals surface area contributed by atoms with E-state index in [1.807, 2.05) is 58.2 Å². The monoisotopic (exact) mass is 486 g/mol. The molecule has 2 heterocycles. The Bertz CT molecular complexity index is 1080. The van der Waals surface area contributed by atoms with Crippen molar-refractivity contribution in [3.8, 4) is 0 Å². The number of nitrogens with one attached hydrogen (secondary N) is 2. The molecule has 0 aliphatic rings. The molecule has 0 radical (unpaired) electrons. The standard InChI is InChI=1S/C27H34N8O/c36-27(28-15-7-9-17-34-21-25(30-32-34)19-23-11-3-1-4-12-23)29-16-8-10-18-35-22-26(31-33-35)20-24-13-5-2-6-14-24/h1-6,11-14,21-22H,7-10,15-20H2,(H2,28,29,36). The van der Waals surface area contributed by atoms with E-state index in [2.05, 4.69) is 55.5 Å². The van der Waals surface area contributed by atoms with Gasteiger partial charge in [-0.05, 0) is 36.8 Å². The van der Waals surface area contributed by atoms with Crippen molar-refractivity contribution in [2.75, 3.05) is 13.1 Å². The van der Waals surface area contributed by atoms with Crippen molar-refractivity contribution in [3.05, 3.63) is 95.6 Å². The Labute approximate surface area is 211 Å². The second-order valence-electron chi connectivity index (χ2n) is 8.87. The van der Waals surface area contributed by atoms with Gasteiger partial charge in [0.15, 0.2) is 0 Å². The zero-order chi connectivity index (χ0) is 24.8. The fourth-order valence-corrected chi connectivity index (χ4v) is 3.93. The molecular formula is C27H34N8O. The average Bonchev–Trinajstić information content (AvgIpc) is 3.54. The molecule has 0 saturated carbocycles. The lowest BCUT2D eigenvalue weighted by molar-refractivity contribution is 0.240. The first kappa shape index (κ1) is 25.1. The zero-order valence-corrected chi connectivity index (χ0v) is 20.6. The lowest BCUT2D eigenvalue weighted by Crippen LogP contribution is -2.36. The Kier molecular flexibility index (Phi) is 9.60. The Morgan fingerprint density at radius 3 is 1.53 bits per heavy atom. The Morgan fingerprint density at radius 1 is 0.639 bits per heavy atom. The summed E-state index contributed by atoms with van der Waals surface area (Å²) in [5.74, 6) is 0. The number of nitrogens with zero attached hydrogens (tertiary/aromatic N) is 6. The highest BCUT2D eigenvalue weighted by molar-refractivity contribution is 5.73. The number of hydrogen-bond donors (Lipinski definition) is 2. The SMILES string of the molecule is O=C(NCCCCn1cc(Cc2ccccc2)nn1)NCCCCn1cc(Cc2ccccc2)nn1. The second kappa shape index (κ2) is 13.8. The van der Waals surface area contributed by atoms with Crippen LogP contribution in [0.1, 0.15) is 48.2 Å². The van der Waals surface area contributed by atoms with Gasteiger partial charge in [0, 0.05) is 51.4 Å². The first-order chi connectivity index (χ1) is 17.7. The minimum Gasteiger partial charge on any atom is -0.338 e. The van der Waals surface area contributed by atoms with Gasteiger partial charge in [0.25, 0.3) is 0 Å². The summed E-state index contributed by atoms with van der Waals surface area (Å²) < 4.78 is 3.75. The van der Waals surface area contributed by atoms with E-state index >= 15 is 0 Å². The molecule has 2 amide bonds. The molecule has 4 aromatic rings. The summed E-state index contributed by atoms with van der Waals surface area (Å²) in [6.45, 7) is 2.86. The van der Waals surface area contributed by atoms with E-state index in [0.717, 1.165) is 63.0 Å². The van der Waals surface area contributed by atoms with Crippen molar-refractivity contribution in [1.29, 1.82) is 0 Å². The van der Waals surface area contributed by atoms with Gasteiger partial charge in [-0.1, -0.05) is 71.1 Å². The van der Waals surface area contributed by atoms with E-state index in [1.54, 1.807) is 0 Å². The fourth-order valence-electron chi connectivity index (χ4n) is 3.93. The fraction of sp³-hybridized carbons (Fsp3) is 0.370. The van der Waals surface area contributed by atoms with Gasteiger partial charge in [-0.3, -0.25) is 9.36 Å².